The highest BCUT2D eigenvalue weighted by Gasteiger charge is 2.15. The van der Waals surface area contributed by atoms with E-state index >= 15 is 0 Å². The average molecular weight is 376 g/mol. The number of rotatable bonds is 4. The molecule has 3 rings (SSSR count). The third-order valence-electron chi connectivity index (χ3n) is 3.74. The van der Waals surface area contributed by atoms with E-state index in [-0.39, 0.29) is 0 Å². The SMILES string of the molecule is O=C(NCCc1c[nH]c2ccccc12)C(=O)Nc1cc(Cl)ccc1Cl. The normalized spacial score (nSPS) is 10.6. The van der Waals surface area contributed by atoms with Gasteiger partial charge in [-0.3, -0.25) is 9.59 Å². The maximum absolute atomic E-state index is 11.9. The van der Waals surface area contributed by atoms with E-state index in [0.29, 0.717) is 28.7 Å². The van der Waals surface area contributed by atoms with Crippen molar-refractivity contribution in [3.05, 3.63) is 64.3 Å². The van der Waals surface area contributed by atoms with Crippen LogP contribution in [0.3, 0.4) is 0 Å². The summed E-state index contributed by atoms with van der Waals surface area (Å²) in [6.45, 7) is 0.345. The van der Waals surface area contributed by atoms with Crippen LogP contribution >= 0.6 is 23.2 Å². The van der Waals surface area contributed by atoms with E-state index in [2.05, 4.69) is 15.6 Å². The van der Waals surface area contributed by atoms with Crippen LogP contribution in [0.15, 0.2) is 48.7 Å². The molecule has 0 atom stereocenters. The lowest BCUT2D eigenvalue weighted by Crippen LogP contribution is -2.36. The molecule has 0 aliphatic carbocycles. The van der Waals surface area contributed by atoms with Crippen molar-refractivity contribution in [3.63, 3.8) is 0 Å². The third kappa shape index (κ3) is 4.13. The third-order valence-corrected chi connectivity index (χ3v) is 4.30. The number of amides is 2. The van der Waals surface area contributed by atoms with Gasteiger partial charge in [-0.15, -0.1) is 0 Å². The molecule has 3 N–H and O–H groups in total. The Hall–Kier alpha value is -2.50. The number of aromatic nitrogens is 1. The molecule has 2 amide bonds. The molecular weight excluding hydrogens is 361 g/mol. The van der Waals surface area contributed by atoms with Crippen molar-refractivity contribution in [3.8, 4) is 0 Å². The summed E-state index contributed by atoms with van der Waals surface area (Å²) in [5.74, 6) is -1.51. The van der Waals surface area contributed by atoms with Gasteiger partial charge in [0.2, 0.25) is 0 Å². The molecule has 3 aromatic rings. The molecule has 0 fully saturated rings. The summed E-state index contributed by atoms with van der Waals surface area (Å²) in [6, 6.07) is 12.5. The van der Waals surface area contributed by atoms with E-state index in [1.807, 2.05) is 30.5 Å². The Morgan fingerprint density at radius 3 is 2.68 bits per heavy atom. The van der Waals surface area contributed by atoms with Gasteiger partial charge in [-0.25, -0.2) is 0 Å². The zero-order valence-electron chi connectivity index (χ0n) is 13.1. The quantitative estimate of drug-likeness (QED) is 0.607. The molecule has 0 aliphatic heterocycles. The Balaban J connectivity index is 1.55. The number of hydrogen-bond donors (Lipinski definition) is 3. The standard InChI is InChI=1S/C18H15Cl2N3O2/c19-12-5-6-14(20)16(9-12)23-18(25)17(24)21-8-7-11-10-22-15-4-2-1-3-13(11)15/h1-6,9-10,22H,7-8H2,(H,21,24)(H,23,25). The predicted molar refractivity (Wildman–Crippen MR) is 100 cm³/mol. The van der Waals surface area contributed by atoms with Crippen molar-refractivity contribution in [2.75, 3.05) is 11.9 Å². The Kier molecular flexibility index (Phi) is 5.26. The molecule has 7 heteroatoms. The van der Waals surface area contributed by atoms with E-state index in [4.69, 9.17) is 23.2 Å². The topological polar surface area (TPSA) is 74.0 Å². The molecule has 0 unspecified atom stereocenters. The number of H-pyrrole nitrogens is 1. The summed E-state index contributed by atoms with van der Waals surface area (Å²) in [5, 5.41) is 6.88. The first-order valence-electron chi connectivity index (χ1n) is 7.64. The number of aromatic amines is 1. The van der Waals surface area contributed by atoms with E-state index in [9.17, 15) is 9.59 Å². The van der Waals surface area contributed by atoms with Gasteiger partial charge < -0.3 is 15.6 Å². The van der Waals surface area contributed by atoms with Gasteiger partial charge in [0.15, 0.2) is 0 Å². The Labute approximate surface area is 154 Å². The maximum Gasteiger partial charge on any atom is 0.313 e. The van der Waals surface area contributed by atoms with Crippen LogP contribution in [-0.2, 0) is 16.0 Å². The first-order valence-corrected chi connectivity index (χ1v) is 8.39. The monoisotopic (exact) mass is 375 g/mol. The molecule has 0 saturated heterocycles. The van der Waals surface area contributed by atoms with Crippen LogP contribution in [-0.4, -0.2) is 23.3 Å². The Morgan fingerprint density at radius 2 is 1.84 bits per heavy atom. The van der Waals surface area contributed by atoms with Crippen LogP contribution in [0, 0.1) is 0 Å². The molecule has 0 saturated carbocycles. The van der Waals surface area contributed by atoms with Crippen LogP contribution in [0.4, 0.5) is 5.69 Å². The fraction of sp³-hybridized carbons (Fsp3) is 0.111. The summed E-state index contributed by atoms with van der Waals surface area (Å²) in [5.41, 5.74) is 2.41. The molecular formula is C18H15Cl2N3O2. The number of carbonyl (C=O) groups is 2. The molecule has 1 aromatic heterocycles. The van der Waals surface area contributed by atoms with Crippen LogP contribution in [0.2, 0.25) is 10.0 Å². The van der Waals surface area contributed by atoms with Gasteiger partial charge in [0.1, 0.15) is 0 Å². The highest BCUT2D eigenvalue weighted by molar-refractivity contribution is 6.42. The number of halogens is 2. The number of anilines is 1. The van der Waals surface area contributed by atoms with Crippen molar-refractivity contribution in [2.45, 2.75) is 6.42 Å². The van der Waals surface area contributed by atoms with Crippen molar-refractivity contribution in [1.82, 2.24) is 10.3 Å². The molecule has 2 aromatic carbocycles. The number of carbonyl (C=O) groups excluding carboxylic acids is 2. The molecule has 1 heterocycles. The smallest absolute Gasteiger partial charge is 0.313 e. The van der Waals surface area contributed by atoms with Gasteiger partial charge in [-0.05, 0) is 36.2 Å². The fourth-order valence-corrected chi connectivity index (χ4v) is 2.84. The average Bonchev–Trinajstić information content (AvgIpc) is 3.01. The molecule has 0 aliphatic rings. The lowest BCUT2D eigenvalue weighted by atomic mass is 10.1. The summed E-state index contributed by atoms with van der Waals surface area (Å²) < 4.78 is 0. The molecule has 128 valence electrons. The maximum atomic E-state index is 11.9. The summed E-state index contributed by atoms with van der Waals surface area (Å²) in [4.78, 5) is 27.1. The van der Waals surface area contributed by atoms with Crippen molar-refractivity contribution >= 4 is 51.6 Å². The molecule has 0 spiro atoms. The van der Waals surface area contributed by atoms with E-state index < -0.39 is 11.8 Å². The minimum absolute atomic E-state index is 0.297. The van der Waals surface area contributed by atoms with Crippen molar-refractivity contribution in [2.24, 2.45) is 0 Å². The number of fused-ring (bicyclic) bond motifs is 1. The van der Waals surface area contributed by atoms with Crippen molar-refractivity contribution < 1.29 is 9.59 Å². The number of hydrogen-bond acceptors (Lipinski definition) is 2. The van der Waals surface area contributed by atoms with E-state index in [0.717, 1.165) is 16.5 Å². The Bertz CT molecular complexity index is 937. The fourth-order valence-electron chi connectivity index (χ4n) is 2.50. The zero-order chi connectivity index (χ0) is 17.8. The van der Waals surface area contributed by atoms with Crippen LogP contribution < -0.4 is 10.6 Å². The van der Waals surface area contributed by atoms with E-state index in [1.54, 1.807) is 12.1 Å². The molecule has 25 heavy (non-hydrogen) atoms. The predicted octanol–water partition coefficient (Wildman–Crippen LogP) is 3.77. The minimum atomic E-state index is -0.789. The summed E-state index contributed by atoms with van der Waals surface area (Å²) in [7, 11) is 0. The van der Waals surface area contributed by atoms with E-state index in [1.165, 1.54) is 6.07 Å². The second-order valence-corrected chi connectivity index (χ2v) is 6.29. The highest BCUT2D eigenvalue weighted by atomic mass is 35.5. The molecule has 0 radical (unpaired) electrons. The Morgan fingerprint density at radius 1 is 1.04 bits per heavy atom. The largest absolute Gasteiger partial charge is 0.361 e. The van der Waals surface area contributed by atoms with Crippen LogP contribution in [0.25, 0.3) is 10.9 Å². The highest BCUT2D eigenvalue weighted by Crippen LogP contribution is 2.25. The van der Waals surface area contributed by atoms with Crippen LogP contribution in [0.5, 0.6) is 0 Å². The van der Waals surface area contributed by atoms with Gasteiger partial charge >= 0.3 is 11.8 Å². The van der Waals surface area contributed by atoms with Crippen molar-refractivity contribution in [1.29, 1.82) is 0 Å². The van der Waals surface area contributed by atoms with Gasteiger partial charge in [0.05, 0.1) is 10.7 Å². The van der Waals surface area contributed by atoms with Gasteiger partial charge in [0, 0.05) is 28.7 Å². The molecule has 5 nitrogen and oxygen atoms in total. The zero-order valence-corrected chi connectivity index (χ0v) is 14.6. The second kappa shape index (κ2) is 7.59. The lowest BCUT2D eigenvalue weighted by Gasteiger charge is -2.08. The van der Waals surface area contributed by atoms with Gasteiger partial charge in [-0.1, -0.05) is 41.4 Å². The number of para-hydroxylation sites is 1. The first kappa shape index (κ1) is 17.3. The summed E-state index contributed by atoms with van der Waals surface area (Å²) >= 11 is 11.8. The number of benzene rings is 2. The summed E-state index contributed by atoms with van der Waals surface area (Å²) in [6.07, 6.45) is 2.52. The number of nitrogens with one attached hydrogen (secondary N) is 3. The molecule has 0 bridgehead atoms. The van der Waals surface area contributed by atoms with Crippen LogP contribution in [0.1, 0.15) is 5.56 Å². The minimum Gasteiger partial charge on any atom is -0.361 e. The second-order valence-electron chi connectivity index (χ2n) is 5.44. The lowest BCUT2D eigenvalue weighted by molar-refractivity contribution is -0.136. The first-order chi connectivity index (χ1) is 12.0. The van der Waals surface area contributed by atoms with Gasteiger partial charge in [-0.2, -0.15) is 0 Å². The van der Waals surface area contributed by atoms with Gasteiger partial charge in [0.25, 0.3) is 0 Å².